The predicted octanol–water partition coefficient (Wildman–Crippen LogP) is -1.63. The van der Waals surface area contributed by atoms with E-state index in [1.807, 2.05) is 0 Å². The Bertz CT molecular complexity index is 473. The number of aliphatic hydroxyl groups is 3. The average molecular weight is 328 g/mol. The lowest BCUT2D eigenvalue weighted by Gasteiger charge is -2.22. The molecule has 0 aromatic rings. The van der Waals surface area contributed by atoms with Gasteiger partial charge in [0.2, 0.25) is 0 Å². The molecule has 0 amide bonds. The van der Waals surface area contributed by atoms with Gasteiger partial charge in [-0.05, 0) is 13.8 Å². The molecule has 122 valence electrons. The second kappa shape index (κ2) is 6.30. The molecule has 10 nitrogen and oxygen atoms in total. The molecular formula is C10H17O10P. The smallest absolute Gasteiger partial charge is 0.487 e. The first-order chi connectivity index (χ1) is 9.44. The SMILES string of the molecule is CC(C)(O)COC1=C(OP(=O)(O)O)C(=O)O[C@@H]1[C@@H](O)CO. The summed E-state index contributed by atoms with van der Waals surface area (Å²) in [5.74, 6) is -2.68. The zero-order chi connectivity index (χ0) is 16.4. The third-order valence-electron chi connectivity index (χ3n) is 2.23. The van der Waals surface area contributed by atoms with Gasteiger partial charge in [0, 0.05) is 0 Å². The number of aliphatic hydroxyl groups excluding tert-OH is 2. The van der Waals surface area contributed by atoms with Crippen LogP contribution in [0.1, 0.15) is 13.8 Å². The molecule has 0 saturated carbocycles. The van der Waals surface area contributed by atoms with Crippen molar-refractivity contribution >= 4 is 13.8 Å². The number of cyclic esters (lactones) is 1. The van der Waals surface area contributed by atoms with Crippen LogP contribution in [0.4, 0.5) is 0 Å². The Kier molecular flexibility index (Phi) is 5.37. The van der Waals surface area contributed by atoms with Crippen molar-refractivity contribution in [1.82, 2.24) is 0 Å². The van der Waals surface area contributed by atoms with Crippen LogP contribution in [0.25, 0.3) is 0 Å². The summed E-state index contributed by atoms with van der Waals surface area (Å²) >= 11 is 0. The molecule has 1 aliphatic heterocycles. The number of ether oxygens (including phenoxy) is 2. The van der Waals surface area contributed by atoms with Gasteiger partial charge in [0.25, 0.3) is 5.76 Å². The zero-order valence-electron chi connectivity index (χ0n) is 11.3. The van der Waals surface area contributed by atoms with E-state index in [1.165, 1.54) is 13.8 Å². The monoisotopic (exact) mass is 328 g/mol. The highest BCUT2D eigenvalue weighted by Gasteiger charge is 2.44. The molecule has 1 heterocycles. The molecule has 21 heavy (non-hydrogen) atoms. The quantitative estimate of drug-likeness (QED) is 0.271. The van der Waals surface area contributed by atoms with Crippen molar-refractivity contribution in [2.45, 2.75) is 31.7 Å². The lowest BCUT2D eigenvalue weighted by molar-refractivity contribution is -0.148. The van der Waals surface area contributed by atoms with Gasteiger partial charge in [0.15, 0.2) is 11.9 Å². The zero-order valence-corrected chi connectivity index (χ0v) is 12.2. The fourth-order valence-electron chi connectivity index (χ4n) is 1.40. The van der Waals surface area contributed by atoms with E-state index in [0.29, 0.717) is 0 Å². The van der Waals surface area contributed by atoms with Gasteiger partial charge in [0.05, 0.1) is 12.2 Å². The minimum atomic E-state index is -5.06. The number of hydrogen-bond acceptors (Lipinski definition) is 8. The number of phosphoric acid groups is 1. The molecule has 0 fully saturated rings. The van der Waals surface area contributed by atoms with Crippen LogP contribution in [0, 0.1) is 0 Å². The van der Waals surface area contributed by atoms with Gasteiger partial charge in [0.1, 0.15) is 12.7 Å². The fraction of sp³-hybridized carbons (Fsp3) is 0.700. The molecular weight excluding hydrogens is 311 g/mol. The van der Waals surface area contributed by atoms with Gasteiger partial charge in [-0.2, -0.15) is 0 Å². The van der Waals surface area contributed by atoms with E-state index in [-0.39, 0.29) is 6.61 Å². The molecule has 11 heteroatoms. The summed E-state index contributed by atoms with van der Waals surface area (Å²) in [6.07, 6.45) is -3.07. The van der Waals surface area contributed by atoms with E-state index in [4.69, 9.17) is 19.6 Å². The van der Waals surface area contributed by atoms with Crippen molar-refractivity contribution in [1.29, 1.82) is 0 Å². The third kappa shape index (κ3) is 5.27. The Morgan fingerprint density at radius 2 is 2.00 bits per heavy atom. The summed E-state index contributed by atoms with van der Waals surface area (Å²) in [7, 11) is -5.06. The molecule has 0 radical (unpaired) electrons. The van der Waals surface area contributed by atoms with E-state index >= 15 is 0 Å². The molecule has 0 aromatic carbocycles. The maximum atomic E-state index is 11.5. The normalized spacial score (nSPS) is 21.3. The van der Waals surface area contributed by atoms with Crippen LogP contribution >= 0.6 is 7.82 Å². The van der Waals surface area contributed by atoms with Crippen molar-refractivity contribution in [3.8, 4) is 0 Å². The molecule has 2 atom stereocenters. The first-order valence-electron chi connectivity index (χ1n) is 5.79. The van der Waals surface area contributed by atoms with E-state index in [9.17, 15) is 19.6 Å². The number of carbonyl (C=O) groups is 1. The highest BCUT2D eigenvalue weighted by Crippen LogP contribution is 2.42. The first-order valence-corrected chi connectivity index (χ1v) is 7.32. The van der Waals surface area contributed by atoms with Gasteiger partial charge >= 0.3 is 13.8 Å². The number of esters is 1. The van der Waals surface area contributed by atoms with Crippen LogP contribution in [-0.4, -0.2) is 62.1 Å². The molecule has 1 aliphatic rings. The van der Waals surface area contributed by atoms with Crippen molar-refractivity contribution in [3.63, 3.8) is 0 Å². The van der Waals surface area contributed by atoms with Crippen molar-refractivity contribution in [3.05, 3.63) is 11.5 Å². The Labute approximate surface area is 119 Å². The number of carbonyl (C=O) groups excluding carboxylic acids is 1. The number of rotatable bonds is 7. The summed E-state index contributed by atoms with van der Waals surface area (Å²) < 4.78 is 24.8. The third-order valence-corrected chi connectivity index (χ3v) is 2.65. The molecule has 1 rings (SSSR count). The van der Waals surface area contributed by atoms with Crippen molar-refractivity contribution in [2.24, 2.45) is 0 Å². The molecule has 0 saturated heterocycles. The molecule has 0 spiro atoms. The second-order valence-electron chi connectivity index (χ2n) is 4.95. The molecule has 5 N–H and O–H groups in total. The van der Waals surface area contributed by atoms with Crippen LogP contribution in [0.2, 0.25) is 0 Å². The Morgan fingerprint density at radius 1 is 1.43 bits per heavy atom. The summed E-state index contributed by atoms with van der Waals surface area (Å²) in [6.45, 7) is 1.59. The highest BCUT2D eigenvalue weighted by atomic mass is 31.2. The number of hydrogen-bond donors (Lipinski definition) is 5. The van der Waals surface area contributed by atoms with Gasteiger partial charge < -0.3 is 29.3 Å². The molecule has 0 aliphatic carbocycles. The maximum absolute atomic E-state index is 11.5. The first kappa shape index (κ1) is 17.9. The molecule has 0 unspecified atom stereocenters. The summed E-state index contributed by atoms with van der Waals surface area (Å²) in [6, 6.07) is 0. The van der Waals surface area contributed by atoms with Gasteiger partial charge in [-0.25, -0.2) is 9.36 Å². The second-order valence-corrected chi connectivity index (χ2v) is 6.12. The minimum Gasteiger partial charge on any atom is -0.487 e. The standard InChI is InChI=1S/C10H17O10P/c1-10(2,14)4-18-7-6(5(12)3-11)19-9(13)8(7)20-21(15,16)17/h5-6,11-12,14H,3-4H2,1-2H3,(H2,15,16,17)/t5-,6+/m0/s1. The molecule has 0 bridgehead atoms. The van der Waals surface area contributed by atoms with Crippen LogP contribution in [-0.2, 0) is 23.4 Å². The summed E-state index contributed by atoms with van der Waals surface area (Å²) in [5, 5.41) is 28.0. The average Bonchev–Trinajstić information content (AvgIpc) is 2.60. The fourth-order valence-corrected chi connectivity index (χ4v) is 1.81. The molecule has 0 aromatic heterocycles. The van der Waals surface area contributed by atoms with Crippen LogP contribution in [0.3, 0.4) is 0 Å². The van der Waals surface area contributed by atoms with E-state index in [1.54, 1.807) is 0 Å². The van der Waals surface area contributed by atoms with Crippen LogP contribution < -0.4 is 0 Å². The van der Waals surface area contributed by atoms with Gasteiger partial charge in [-0.3, -0.25) is 9.79 Å². The van der Waals surface area contributed by atoms with Crippen molar-refractivity contribution in [2.75, 3.05) is 13.2 Å². The van der Waals surface area contributed by atoms with Crippen LogP contribution in [0.15, 0.2) is 11.5 Å². The largest absolute Gasteiger partial charge is 0.525 e. The lowest BCUT2D eigenvalue weighted by atomic mass is 10.1. The maximum Gasteiger partial charge on any atom is 0.525 e. The summed E-state index contributed by atoms with van der Waals surface area (Å²) in [5.41, 5.74) is -1.33. The van der Waals surface area contributed by atoms with Gasteiger partial charge in [-0.15, -0.1) is 0 Å². The van der Waals surface area contributed by atoms with Gasteiger partial charge in [-0.1, -0.05) is 0 Å². The topological polar surface area (TPSA) is 163 Å². The predicted molar refractivity (Wildman–Crippen MR) is 65.4 cm³/mol. The van der Waals surface area contributed by atoms with E-state index < -0.39 is 49.7 Å². The minimum absolute atomic E-state index is 0.373. The Hall–Kier alpha value is -1.16. The van der Waals surface area contributed by atoms with Crippen LogP contribution in [0.5, 0.6) is 0 Å². The lowest BCUT2D eigenvalue weighted by Crippen LogP contribution is -2.34. The Balaban J connectivity index is 3.09. The Morgan fingerprint density at radius 3 is 2.43 bits per heavy atom. The van der Waals surface area contributed by atoms with E-state index in [2.05, 4.69) is 9.26 Å². The van der Waals surface area contributed by atoms with E-state index in [0.717, 1.165) is 0 Å². The summed E-state index contributed by atoms with van der Waals surface area (Å²) in [4.78, 5) is 29.0. The highest BCUT2D eigenvalue weighted by molar-refractivity contribution is 7.46. The number of phosphoric ester groups is 1. The van der Waals surface area contributed by atoms with Crippen molar-refractivity contribution < 1.29 is 48.5 Å².